The molecule has 0 saturated carbocycles. The molecule has 0 bridgehead atoms. The highest BCUT2D eigenvalue weighted by Gasteiger charge is 2.21. The number of methoxy groups -OCH3 is 2. The molecule has 29 heavy (non-hydrogen) atoms. The second-order valence-electron chi connectivity index (χ2n) is 6.91. The molecule has 1 aliphatic heterocycles. The molecule has 1 amide bonds. The lowest BCUT2D eigenvalue weighted by atomic mass is 10.1. The van der Waals surface area contributed by atoms with Gasteiger partial charge in [0.2, 0.25) is 5.91 Å². The minimum atomic E-state index is 0.112. The molecule has 0 atom stereocenters. The van der Waals surface area contributed by atoms with Crippen LogP contribution in [0.5, 0.6) is 11.5 Å². The van der Waals surface area contributed by atoms with Crippen LogP contribution in [0.1, 0.15) is 12.0 Å². The maximum absolute atomic E-state index is 12.9. The largest absolute Gasteiger partial charge is 0.493 e. The predicted molar refractivity (Wildman–Crippen MR) is 107 cm³/mol. The highest BCUT2D eigenvalue weighted by atomic mass is 16.5. The van der Waals surface area contributed by atoms with E-state index in [1.807, 2.05) is 35.2 Å². The molecule has 0 aliphatic carbocycles. The van der Waals surface area contributed by atoms with Crippen LogP contribution in [0, 0.1) is 0 Å². The van der Waals surface area contributed by atoms with E-state index >= 15 is 0 Å². The molecule has 1 aliphatic rings. The summed E-state index contributed by atoms with van der Waals surface area (Å²) in [4.78, 5) is 17.0. The van der Waals surface area contributed by atoms with Crippen LogP contribution < -0.4 is 14.4 Å². The van der Waals surface area contributed by atoms with Gasteiger partial charge in [0.25, 0.3) is 0 Å². The molecule has 0 N–H and O–H groups in total. The summed E-state index contributed by atoms with van der Waals surface area (Å²) in [6, 6.07) is 9.45. The second-order valence-corrected chi connectivity index (χ2v) is 6.91. The third-order valence-corrected chi connectivity index (χ3v) is 5.12. The Morgan fingerprint density at radius 3 is 2.72 bits per heavy atom. The maximum atomic E-state index is 12.9. The number of aromatic nitrogens is 4. The van der Waals surface area contributed by atoms with Gasteiger partial charge in [-0.15, -0.1) is 15.3 Å². The van der Waals surface area contributed by atoms with Crippen molar-refractivity contribution in [3.63, 3.8) is 0 Å². The van der Waals surface area contributed by atoms with E-state index in [1.165, 1.54) is 0 Å². The molecular weight excluding hydrogens is 372 g/mol. The van der Waals surface area contributed by atoms with E-state index in [1.54, 1.807) is 25.1 Å². The number of fused-ring (bicyclic) bond motifs is 1. The maximum Gasteiger partial charge on any atom is 0.227 e. The van der Waals surface area contributed by atoms with Gasteiger partial charge in [-0.25, -0.2) is 0 Å². The van der Waals surface area contributed by atoms with Gasteiger partial charge in [0.1, 0.15) is 12.1 Å². The monoisotopic (exact) mass is 396 g/mol. The number of amides is 1. The smallest absolute Gasteiger partial charge is 0.227 e. The third kappa shape index (κ3) is 4.08. The zero-order chi connectivity index (χ0) is 20.2. The lowest BCUT2D eigenvalue weighted by molar-refractivity contribution is -0.130. The van der Waals surface area contributed by atoms with Gasteiger partial charge >= 0.3 is 0 Å². The zero-order valence-corrected chi connectivity index (χ0v) is 16.6. The molecule has 3 heterocycles. The predicted octanol–water partition coefficient (Wildman–Crippen LogP) is 1.42. The number of benzene rings is 1. The first-order valence-corrected chi connectivity index (χ1v) is 9.58. The fourth-order valence-corrected chi connectivity index (χ4v) is 3.56. The molecule has 152 valence electrons. The Balaban J connectivity index is 1.40. The fourth-order valence-electron chi connectivity index (χ4n) is 3.56. The normalized spacial score (nSPS) is 14.7. The molecule has 9 nitrogen and oxygen atoms in total. The van der Waals surface area contributed by atoms with E-state index in [-0.39, 0.29) is 5.91 Å². The molecule has 0 unspecified atom stereocenters. The molecule has 9 heteroatoms. The quantitative estimate of drug-likeness (QED) is 0.645. The molecule has 0 spiro atoms. The Labute approximate surface area is 168 Å². The van der Waals surface area contributed by atoms with Crippen LogP contribution in [0.4, 0.5) is 5.82 Å². The van der Waals surface area contributed by atoms with Crippen LogP contribution in [-0.2, 0) is 11.2 Å². The van der Waals surface area contributed by atoms with Crippen LogP contribution in [0.2, 0.25) is 0 Å². The molecule has 4 rings (SSSR count). The van der Waals surface area contributed by atoms with Crippen molar-refractivity contribution in [1.82, 2.24) is 24.7 Å². The first-order valence-electron chi connectivity index (χ1n) is 9.58. The van der Waals surface area contributed by atoms with E-state index in [2.05, 4.69) is 20.2 Å². The number of ether oxygens (including phenoxy) is 2. The van der Waals surface area contributed by atoms with Gasteiger partial charge in [0, 0.05) is 26.2 Å². The van der Waals surface area contributed by atoms with E-state index in [4.69, 9.17) is 9.47 Å². The van der Waals surface area contributed by atoms with Gasteiger partial charge in [0.15, 0.2) is 17.1 Å². The Kier molecular flexibility index (Phi) is 5.46. The van der Waals surface area contributed by atoms with Gasteiger partial charge in [-0.05, 0) is 36.2 Å². The van der Waals surface area contributed by atoms with Crippen molar-refractivity contribution in [3.8, 4) is 11.5 Å². The molecule has 0 radical (unpaired) electrons. The van der Waals surface area contributed by atoms with Crippen LogP contribution in [0.25, 0.3) is 5.65 Å². The average Bonchev–Trinajstić information content (AvgIpc) is 3.08. The average molecular weight is 396 g/mol. The van der Waals surface area contributed by atoms with Crippen molar-refractivity contribution in [2.45, 2.75) is 12.8 Å². The SMILES string of the molecule is COc1ccc(CC(=O)N2CCCN(c3ccc4nncn4n3)CC2)cc1OC. The topological polar surface area (TPSA) is 85.1 Å². The summed E-state index contributed by atoms with van der Waals surface area (Å²) in [5, 5.41) is 12.4. The Morgan fingerprint density at radius 2 is 1.90 bits per heavy atom. The van der Waals surface area contributed by atoms with Crippen LogP contribution in [-0.4, -0.2) is 71.0 Å². The number of rotatable bonds is 5. The van der Waals surface area contributed by atoms with E-state index < -0.39 is 0 Å². The van der Waals surface area contributed by atoms with Gasteiger partial charge in [0.05, 0.1) is 20.6 Å². The number of nitrogens with zero attached hydrogens (tertiary/aromatic N) is 6. The minimum Gasteiger partial charge on any atom is -0.493 e. The molecule has 1 aromatic carbocycles. The van der Waals surface area contributed by atoms with Crippen molar-refractivity contribution < 1.29 is 14.3 Å². The summed E-state index contributed by atoms with van der Waals surface area (Å²) in [6.07, 6.45) is 2.82. The standard InChI is InChI=1S/C20H24N6O3/c1-28-16-5-4-15(12-17(16)29-2)13-20(27)25-9-3-8-24(10-11-25)19-7-6-18-22-21-14-26(18)23-19/h4-7,12,14H,3,8-11,13H2,1-2H3. The Hall–Kier alpha value is -3.36. The van der Waals surface area contributed by atoms with Gasteiger partial charge < -0.3 is 19.3 Å². The van der Waals surface area contributed by atoms with Crippen LogP contribution >= 0.6 is 0 Å². The van der Waals surface area contributed by atoms with Gasteiger partial charge in [-0.1, -0.05) is 6.07 Å². The molecular formula is C20H24N6O3. The third-order valence-electron chi connectivity index (χ3n) is 5.12. The number of carbonyl (C=O) groups is 1. The van der Waals surface area contributed by atoms with E-state index in [9.17, 15) is 4.79 Å². The summed E-state index contributed by atoms with van der Waals surface area (Å²) in [7, 11) is 3.19. The van der Waals surface area contributed by atoms with E-state index in [0.717, 1.165) is 43.1 Å². The summed E-state index contributed by atoms with van der Waals surface area (Å²) < 4.78 is 12.3. The van der Waals surface area contributed by atoms with Crippen molar-refractivity contribution in [3.05, 3.63) is 42.2 Å². The van der Waals surface area contributed by atoms with Gasteiger partial charge in [-0.2, -0.15) is 4.52 Å². The molecule has 2 aromatic heterocycles. The van der Waals surface area contributed by atoms with Crippen LogP contribution in [0.15, 0.2) is 36.7 Å². The highest BCUT2D eigenvalue weighted by molar-refractivity contribution is 5.79. The second kappa shape index (κ2) is 8.34. The van der Waals surface area contributed by atoms with Gasteiger partial charge in [-0.3, -0.25) is 4.79 Å². The number of hydrogen-bond acceptors (Lipinski definition) is 7. The summed E-state index contributed by atoms with van der Waals surface area (Å²) in [5.41, 5.74) is 1.63. The Morgan fingerprint density at radius 1 is 1.03 bits per heavy atom. The number of hydrogen-bond donors (Lipinski definition) is 0. The molecule has 1 saturated heterocycles. The lowest BCUT2D eigenvalue weighted by Crippen LogP contribution is -2.36. The minimum absolute atomic E-state index is 0.112. The zero-order valence-electron chi connectivity index (χ0n) is 16.6. The summed E-state index contributed by atoms with van der Waals surface area (Å²) in [5.74, 6) is 2.27. The first-order chi connectivity index (χ1) is 14.2. The van der Waals surface area contributed by atoms with Crippen molar-refractivity contribution in [2.75, 3.05) is 45.3 Å². The van der Waals surface area contributed by atoms with Crippen molar-refractivity contribution in [2.24, 2.45) is 0 Å². The van der Waals surface area contributed by atoms with Crippen molar-refractivity contribution >= 4 is 17.4 Å². The summed E-state index contributed by atoms with van der Waals surface area (Å²) in [6.45, 7) is 2.98. The molecule has 3 aromatic rings. The number of carbonyl (C=O) groups excluding carboxylic acids is 1. The van der Waals surface area contributed by atoms with Crippen molar-refractivity contribution in [1.29, 1.82) is 0 Å². The van der Waals surface area contributed by atoms with Crippen LogP contribution in [0.3, 0.4) is 0 Å². The first kappa shape index (κ1) is 19.0. The number of anilines is 1. The fraction of sp³-hybridized carbons (Fsp3) is 0.400. The highest BCUT2D eigenvalue weighted by Crippen LogP contribution is 2.28. The van der Waals surface area contributed by atoms with E-state index in [0.29, 0.717) is 24.5 Å². The summed E-state index contributed by atoms with van der Waals surface area (Å²) >= 11 is 0. The Bertz CT molecular complexity index is 1000. The molecule has 1 fully saturated rings. The lowest BCUT2D eigenvalue weighted by Gasteiger charge is -2.23.